The Bertz CT molecular complexity index is 2540. The van der Waals surface area contributed by atoms with Gasteiger partial charge in [0.2, 0.25) is 0 Å². The van der Waals surface area contributed by atoms with Crippen LogP contribution in [-0.4, -0.2) is 4.57 Å². The second-order valence-corrected chi connectivity index (χ2v) is 11.9. The van der Waals surface area contributed by atoms with Crippen LogP contribution in [0.5, 0.6) is 0 Å². The van der Waals surface area contributed by atoms with Crippen LogP contribution in [0.1, 0.15) is 0 Å². The molecule has 8 aromatic carbocycles. The van der Waals surface area contributed by atoms with Gasteiger partial charge < -0.3 is 9.88 Å². The highest BCUT2D eigenvalue weighted by atomic mass is 15.0. The average Bonchev–Trinajstić information content (AvgIpc) is 3.45. The molecular formula is C44H30N2. The van der Waals surface area contributed by atoms with Crippen LogP contribution in [0.3, 0.4) is 0 Å². The van der Waals surface area contributed by atoms with E-state index < -0.39 is 0 Å². The lowest BCUT2D eigenvalue weighted by atomic mass is 9.92. The molecule has 0 bridgehead atoms. The summed E-state index contributed by atoms with van der Waals surface area (Å²) >= 11 is 0. The highest BCUT2D eigenvalue weighted by Gasteiger charge is 2.18. The van der Waals surface area contributed by atoms with E-state index in [0.29, 0.717) is 0 Å². The van der Waals surface area contributed by atoms with Gasteiger partial charge in [0.25, 0.3) is 0 Å². The number of nitrogens with one attached hydrogen (secondary N) is 1. The van der Waals surface area contributed by atoms with Gasteiger partial charge in [-0.25, -0.2) is 0 Å². The van der Waals surface area contributed by atoms with Crippen LogP contribution in [0, 0.1) is 0 Å². The standard InChI is InChI=1S/C44H30N2/c1-2-12-30(13-3-1)31-22-24-33(25-23-31)45-34-26-27-40-38-18-8-10-20-42(38)46(44(40)29-34)43-21-11-9-19-39(43)41-28-32-14-4-5-15-35(32)36-16-6-7-17-37(36)41/h1-29,45H. The number of nitrogens with zero attached hydrogens (tertiary/aromatic N) is 1. The van der Waals surface area contributed by atoms with Gasteiger partial charge in [-0.1, -0.05) is 133 Å². The van der Waals surface area contributed by atoms with Crippen molar-refractivity contribution in [3.05, 3.63) is 176 Å². The number of hydrogen-bond acceptors (Lipinski definition) is 1. The van der Waals surface area contributed by atoms with Crippen molar-refractivity contribution in [2.75, 3.05) is 5.32 Å². The molecule has 0 fully saturated rings. The van der Waals surface area contributed by atoms with Gasteiger partial charge in [-0.05, 0) is 80.7 Å². The number of hydrogen-bond donors (Lipinski definition) is 1. The minimum atomic E-state index is 1.05. The smallest absolute Gasteiger partial charge is 0.0562 e. The van der Waals surface area contributed by atoms with Crippen LogP contribution in [-0.2, 0) is 0 Å². The van der Waals surface area contributed by atoms with Gasteiger partial charge in [-0.2, -0.15) is 0 Å². The van der Waals surface area contributed by atoms with Gasteiger partial charge in [0.05, 0.1) is 16.7 Å². The van der Waals surface area contributed by atoms with Crippen molar-refractivity contribution in [3.63, 3.8) is 0 Å². The molecule has 1 N–H and O–H groups in total. The summed E-state index contributed by atoms with van der Waals surface area (Å²) in [6.07, 6.45) is 0. The number of aromatic nitrogens is 1. The van der Waals surface area contributed by atoms with Crippen LogP contribution < -0.4 is 5.32 Å². The molecule has 0 aliphatic rings. The van der Waals surface area contributed by atoms with Gasteiger partial charge in [0, 0.05) is 27.7 Å². The Morgan fingerprint density at radius 1 is 0.348 bits per heavy atom. The van der Waals surface area contributed by atoms with E-state index in [0.717, 1.165) is 11.4 Å². The molecule has 0 saturated heterocycles. The molecule has 0 saturated carbocycles. The molecule has 9 aromatic rings. The maximum absolute atomic E-state index is 3.68. The molecule has 0 amide bonds. The normalized spacial score (nSPS) is 11.5. The number of para-hydroxylation sites is 2. The van der Waals surface area contributed by atoms with Crippen LogP contribution in [0.2, 0.25) is 0 Å². The number of anilines is 2. The topological polar surface area (TPSA) is 17.0 Å². The first-order chi connectivity index (χ1) is 22.8. The summed E-state index contributed by atoms with van der Waals surface area (Å²) in [5.74, 6) is 0. The summed E-state index contributed by atoms with van der Waals surface area (Å²) < 4.78 is 2.44. The third kappa shape index (κ3) is 4.35. The summed E-state index contributed by atoms with van der Waals surface area (Å²) in [6, 6.07) is 63.3. The fourth-order valence-corrected chi connectivity index (χ4v) is 7.02. The summed E-state index contributed by atoms with van der Waals surface area (Å²) in [7, 11) is 0. The molecule has 2 nitrogen and oxygen atoms in total. The summed E-state index contributed by atoms with van der Waals surface area (Å²) in [4.78, 5) is 0. The van der Waals surface area contributed by atoms with Gasteiger partial charge >= 0.3 is 0 Å². The first-order valence-corrected chi connectivity index (χ1v) is 15.8. The Labute approximate surface area is 267 Å². The zero-order valence-electron chi connectivity index (χ0n) is 25.2. The lowest BCUT2D eigenvalue weighted by molar-refractivity contribution is 1.18. The Balaban J connectivity index is 1.22. The molecule has 46 heavy (non-hydrogen) atoms. The Hall–Kier alpha value is -6.12. The Morgan fingerprint density at radius 2 is 0.957 bits per heavy atom. The summed E-state index contributed by atoms with van der Waals surface area (Å²) in [5.41, 5.74) is 10.5. The summed E-state index contributed by atoms with van der Waals surface area (Å²) in [5, 5.41) is 11.2. The van der Waals surface area contributed by atoms with Crippen molar-refractivity contribution >= 4 is 54.7 Å². The van der Waals surface area contributed by atoms with E-state index in [4.69, 9.17) is 0 Å². The van der Waals surface area contributed by atoms with E-state index >= 15 is 0 Å². The van der Waals surface area contributed by atoms with Crippen molar-refractivity contribution in [2.45, 2.75) is 0 Å². The van der Waals surface area contributed by atoms with Gasteiger partial charge in [-0.15, -0.1) is 0 Å². The Morgan fingerprint density at radius 3 is 1.80 bits per heavy atom. The lowest BCUT2D eigenvalue weighted by Gasteiger charge is -2.17. The molecule has 0 atom stereocenters. The lowest BCUT2D eigenvalue weighted by Crippen LogP contribution is -1.98. The maximum Gasteiger partial charge on any atom is 0.0562 e. The SMILES string of the molecule is c1ccc(-c2ccc(Nc3ccc4c5ccccc5n(-c5ccccc5-c5cc6ccccc6c6ccccc56)c4c3)cc2)cc1. The fourth-order valence-electron chi connectivity index (χ4n) is 7.02. The monoisotopic (exact) mass is 586 g/mol. The largest absolute Gasteiger partial charge is 0.355 e. The predicted molar refractivity (Wildman–Crippen MR) is 196 cm³/mol. The van der Waals surface area contributed by atoms with Crippen LogP contribution in [0.15, 0.2) is 176 Å². The number of benzene rings is 8. The average molecular weight is 587 g/mol. The molecule has 1 aromatic heterocycles. The third-order valence-corrected chi connectivity index (χ3v) is 9.16. The first-order valence-electron chi connectivity index (χ1n) is 15.8. The van der Waals surface area contributed by atoms with E-state index in [1.54, 1.807) is 0 Å². The molecule has 0 aliphatic heterocycles. The van der Waals surface area contributed by atoms with E-state index in [1.807, 2.05) is 0 Å². The van der Waals surface area contributed by atoms with Crippen molar-refractivity contribution in [2.24, 2.45) is 0 Å². The van der Waals surface area contributed by atoms with Crippen LogP contribution >= 0.6 is 0 Å². The van der Waals surface area contributed by atoms with E-state index in [1.165, 1.54) is 71.3 Å². The van der Waals surface area contributed by atoms with Crippen molar-refractivity contribution in [1.29, 1.82) is 0 Å². The van der Waals surface area contributed by atoms with Gasteiger partial charge in [0.15, 0.2) is 0 Å². The van der Waals surface area contributed by atoms with Crippen molar-refractivity contribution < 1.29 is 0 Å². The zero-order valence-corrected chi connectivity index (χ0v) is 25.2. The van der Waals surface area contributed by atoms with E-state index in [-0.39, 0.29) is 0 Å². The molecule has 0 aliphatic carbocycles. The quantitative estimate of drug-likeness (QED) is 0.199. The highest BCUT2D eigenvalue weighted by molar-refractivity contribution is 6.15. The fraction of sp³-hybridized carbons (Fsp3) is 0. The third-order valence-electron chi connectivity index (χ3n) is 9.16. The molecule has 2 heteroatoms. The molecule has 0 spiro atoms. The van der Waals surface area contributed by atoms with Gasteiger partial charge in [0.1, 0.15) is 0 Å². The zero-order chi connectivity index (χ0) is 30.5. The van der Waals surface area contributed by atoms with Crippen molar-refractivity contribution in [3.8, 4) is 27.9 Å². The number of rotatable bonds is 5. The molecule has 216 valence electrons. The Kier molecular flexibility index (Phi) is 6.17. The molecule has 9 rings (SSSR count). The predicted octanol–water partition coefficient (Wildman–Crippen LogP) is 12.2. The van der Waals surface area contributed by atoms with E-state index in [2.05, 4.69) is 186 Å². The number of fused-ring (bicyclic) bond motifs is 6. The second-order valence-electron chi connectivity index (χ2n) is 11.9. The second kappa shape index (κ2) is 10.8. The maximum atomic E-state index is 3.68. The minimum absolute atomic E-state index is 1.05. The molecule has 0 unspecified atom stereocenters. The first kappa shape index (κ1) is 26.3. The van der Waals surface area contributed by atoms with Crippen molar-refractivity contribution in [1.82, 2.24) is 4.57 Å². The van der Waals surface area contributed by atoms with E-state index in [9.17, 15) is 0 Å². The molecular weight excluding hydrogens is 556 g/mol. The molecule has 0 radical (unpaired) electrons. The van der Waals surface area contributed by atoms with Crippen LogP contribution in [0.25, 0.3) is 71.3 Å². The van der Waals surface area contributed by atoms with Crippen LogP contribution in [0.4, 0.5) is 11.4 Å². The molecule has 1 heterocycles. The minimum Gasteiger partial charge on any atom is -0.355 e. The summed E-state index contributed by atoms with van der Waals surface area (Å²) in [6.45, 7) is 0. The van der Waals surface area contributed by atoms with Gasteiger partial charge in [-0.3, -0.25) is 0 Å². The highest BCUT2D eigenvalue weighted by Crippen LogP contribution is 2.41.